The number of thioether (sulfide) groups is 1. The monoisotopic (exact) mass is 213 g/mol. The predicted molar refractivity (Wildman–Crippen MR) is 53.7 cm³/mol. The van der Waals surface area contributed by atoms with Crippen molar-refractivity contribution in [2.75, 3.05) is 18.8 Å². The summed E-state index contributed by atoms with van der Waals surface area (Å²) in [6.07, 6.45) is 3.64. The van der Waals surface area contributed by atoms with Crippen LogP contribution in [-0.2, 0) is 0 Å². The maximum atomic E-state index is 12.5. The van der Waals surface area contributed by atoms with Crippen LogP contribution in [0, 0.1) is 11.7 Å². The van der Waals surface area contributed by atoms with Crippen LogP contribution in [0.1, 0.15) is 6.42 Å². The van der Waals surface area contributed by atoms with Gasteiger partial charge in [-0.25, -0.2) is 14.4 Å². The number of hydrogen-bond acceptors (Lipinski definition) is 4. The second-order valence-electron chi connectivity index (χ2n) is 3.35. The molecular weight excluding hydrogens is 201 g/mol. The number of nitrogens with zero attached hydrogens (tertiary/aromatic N) is 2. The molecule has 0 aliphatic carbocycles. The molecule has 5 heteroatoms. The van der Waals surface area contributed by atoms with E-state index in [1.165, 1.54) is 18.8 Å². The van der Waals surface area contributed by atoms with Gasteiger partial charge in [0.1, 0.15) is 0 Å². The van der Waals surface area contributed by atoms with Gasteiger partial charge in [-0.1, -0.05) is 11.8 Å². The first kappa shape index (κ1) is 9.86. The number of rotatable bonds is 3. The molecule has 0 saturated carbocycles. The molecule has 1 aliphatic rings. The highest BCUT2D eigenvalue weighted by molar-refractivity contribution is 7.99. The maximum Gasteiger partial charge on any atom is 0.187 e. The first-order valence-electron chi connectivity index (χ1n) is 4.65. The Bertz CT molecular complexity index is 285. The molecule has 1 aromatic rings. The Morgan fingerprint density at radius 2 is 2.29 bits per heavy atom. The minimum absolute atomic E-state index is 0.378. The van der Waals surface area contributed by atoms with Crippen molar-refractivity contribution in [3.8, 4) is 0 Å². The lowest BCUT2D eigenvalue weighted by atomic mass is 10.2. The smallest absolute Gasteiger partial charge is 0.187 e. The van der Waals surface area contributed by atoms with Crippen LogP contribution < -0.4 is 5.32 Å². The molecule has 1 aliphatic heterocycles. The molecule has 1 N–H and O–H groups in total. The molecule has 3 nitrogen and oxygen atoms in total. The lowest BCUT2D eigenvalue weighted by molar-refractivity contribution is 0.605. The van der Waals surface area contributed by atoms with Crippen LogP contribution >= 0.6 is 11.8 Å². The van der Waals surface area contributed by atoms with Crippen molar-refractivity contribution in [2.24, 2.45) is 5.92 Å². The Hall–Kier alpha value is -0.680. The van der Waals surface area contributed by atoms with Crippen molar-refractivity contribution >= 4 is 11.8 Å². The molecule has 14 heavy (non-hydrogen) atoms. The minimum Gasteiger partial charge on any atom is -0.316 e. The molecule has 1 saturated heterocycles. The Balaban J connectivity index is 1.82. The fourth-order valence-electron chi connectivity index (χ4n) is 1.42. The van der Waals surface area contributed by atoms with E-state index in [1.807, 2.05) is 0 Å². The van der Waals surface area contributed by atoms with Crippen LogP contribution in [0.15, 0.2) is 17.6 Å². The summed E-state index contributed by atoms with van der Waals surface area (Å²) in [5.41, 5.74) is 0. The number of aromatic nitrogens is 2. The molecule has 1 atom stereocenters. The molecule has 0 radical (unpaired) electrons. The van der Waals surface area contributed by atoms with Gasteiger partial charge in [-0.3, -0.25) is 0 Å². The molecular formula is C9H12FN3S. The molecule has 2 rings (SSSR count). The van der Waals surface area contributed by atoms with E-state index in [4.69, 9.17) is 0 Å². The van der Waals surface area contributed by atoms with Crippen LogP contribution in [0.25, 0.3) is 0 Å². The second kappa shape index (κ2) is 4.70. The van der Waals surface area contributed by atoms with Crippen molar-refractivity contribution in [1.82, 2.24) is 15.3 Å². The second-order valence-corrected chi connectivity index (χ2v) is 4.34. The van der Waals surface area contributed by atoms with Crippen molar-refractivity contribution in [3.05, 3.63) is 18.2 Å². The topological polar surface area (TPSA) is 37.8 Å². The summed E-state index contributed by atoms with van der Waals surface area (Å²) in [7, 11) is 0. The summed E-state index contributed by atoms with van der Waals surface area (Å²) in [4.78, 5) is 7.79. The van der Waals surface area contributed by atoms with Gasteiger partial charge >= 0.3 is 0 Å². The van der Waals surface area contributed by atoms with Crippen LogP contribution in [0.5, 0.6) is 0 Å². The molecule has 1 unspecified atom stereocenters. The molecule has 0 spiro atoms. The highest BCUT2D eigenvalue weighted by Crippen LogP contribution is 2.19. The zero-order chi connectivity index (χ0) is 9.80. The van der Waals surface area contributed by atoms with Crippen LogP contribution in [-0.4, -0.2) is 28.8 Å². The molecule has 76 valence electrons. The van der Waals surface area contributed by atoms with Gasteiger partial charge in [-0.2, -0.15) is 0 Å². The van der Waals surface area contributed by atoms with E-state index >= 15 is 0 Å². The largest absolute Gasteiger partial charge is 0.316 e. The minimum atomic E-state index is -0.378. The van der Waals surface area contributed by atoms with Crippen molar-refractivity contribution in [1.29, 1.82) is 0 Å². The van der Waals surface area contributed by atoms with Gasteiger partial charge in [0.25, 0.3) is 0 Å². The van der Waals surface area contributed by atoms with Crippen LogP contribution in [0.2, 0.25) is 0 Å². The molecule has 2 heterocycles. The molecule has 1 aromatic heterocycles. The number of nitrogens with one attached hydrogen (secondary N) is 1. The van der Waals surface area contributed by atoms with E-state index < -0.39 is 0 Å². The van der Waals surface area contributed by atoms with Crippen LogP contribution in [0.4, 0.5) is 4.39 Å². The summed E-state index contributed by atoms with van der Waals surface area (Å²) >= 11 is 1.60. The van der Waals surface area contributed by atoms with Crippen LogP contribution in [0.3, 0.4) is 0 Å². The fourth-order valence-corrected chi connectivity index (χ4v) is 2.35. The highest BCUT2D eigenvalue weighted by atomic mass is 32.2. The summed E-state index contributed by atoms with van der Waals surface area (Å²) in [6.45, 7) is 2.18. The Labute approximate surface area is 86.5 Å². The van der Waals surface area contributed by atoms with Crippen molar-refractivity contribution < 1.29 is 4.39 Å². The Kier molecular flexibility index (Phi) is 3.31. The Morgan fingerprint density at radius 1 is 1.50 bits per heavy atom. The van der Waals surface area contributed by atoms with E-state index in [9.17, 15) is 4.39 Å². The zero-order valence-electron chi connectivity index (χ0n) is 7.74. The maximum absolute atomic E-state index is 12.5. The SMILES string of the molecule is Fc1cnc(SCC2CCNC2)nc1. The lowest BCUT2D eigenvalue weighted by Gasteiger charge is -2.05. The van der Waals surface area contributed by atoms with Crippen molar-refractivity contribution in [2.45, 2.75) is 11.6 Å². The van der Waals surface area contributed by atoms with E-state index in [2.05, 4.69) is 15.3 Å². The Morgan fingerprint density at radius 3 is 2.93 bits per heavy atom. The quantitative estimate of drug-likeness (QED) is 0.607. The first-order valence-corrected chi connectivity index (χ1v) is 5.64. The van der Waals surface area contributed by atoms with Crippen molar-refractivity contribution in [3.63, 3.8) is 0 Å². The lowest BCUT2D eigenvalue weighted by Crippen LogP contribution is -2.10. The zero-order valence-corrected chi connectivity index (χ0v) is 8.56. The third-order valence-electron chi connectivity index (χ3n) is 2.21. The summed E-state index contributed by atoms with van der Waals surface area (Å²) in [6, 6.07) is 0. The average Bonchev–Trinajstić information content (AvgIpc) is 2.70. The van der Waals surface area contributed by atoms with Gasteiger partial charge in [0.05, 0.1) is 12.4 Å². The molecule has 0 bridgehead atoms. The van der Waals surface area contributed by atoms with E-state index in [0.29, 0.717) is 11.1 Å². The van der Waals surface area contributed by atoms with Gasteiger partial charge in [0.2, 0.25) is 0 Å². The predicted octanol–water partition coefficient (Wildman–Crippen LogP) is 1.32. The van der Waals surface area contributed by atoms with Gasteiger partial charge < -0.3 is 5.32 Å². The normalized spacial score (nSPS) is 21.4. The van der Waals surface area contributed by atoms with Gasteiger partial charge in [-0.15, -0.1) is 0 Å². The van der Waals surface area contributed by atoms with E-state index in [-0.39, 0.29) is 5.82 Å². The van der Waals surface area contributed by atoms with E-state index in [1.54, 1.807) is 11.8 Å². The van der Waals surface area contributed by atoms with Gasteiger partial charge in [0.15, 0.2) is 11.0 Å². The summed E-state index contributed by atoms with van der Waals surface area (Å²) in [5, 5.41) is 3.97. The van der Waals surface area contributed by atoms with E-state index in [0.717, 1.165) is 18.8 Å². The average molecular weight is 213 g/mol. The third kappa shape index (κ3) is 2.65. The van der Waals surface area contributed by atoms with Gasteiger partial charge in [0, 0.05) is 5.75 Å². The van der Waals surface area contributed by atoms with Gasteiger partial charge in [-0.05, 0) is 25.4 Å². The molecule has 0 aromatic carbocycles. The fraction of sp³-hybridized carbons (Fsp3) is 0.556. The summed E-state index contributed by atoms with van der Waals surface area (Å²) < 4.78 is 12.5. The highest BCUT2D eigenvalue weighted by Gasteiger charge is 2.14. The molecule has 1 fully saturated rings. The third-order valence-corrected chi connectivity index (χ3v) is 3.31. The summed E-state index contributed by atoms with van der Waals surface area (Å²) in [5.74, 6) is 1.34. The molecule has 0 amide bonds. The number of halogens is 1. The number of hydrogen-bond donors (Lipinski definition) is 1. The first-order chi connectivity index (χ1) is 6.84. The standard InChI is InChI=1S/C9H12FN3S/c10-8-4-12-9(13-5-8)14-6-7-1-2-11-3-7/h4-5,7,11H,1-3,6H2.